The number of benzene rings is 2. The first kappa shape index (κ1) is 22.5. The van der Waals surface area contributed by atoms with Gasteiger partial charge in [0.05, 0.1) is 18.1 Å². The van der Waals surface area contributed by atoms with Crippen molar-refractivity contribution in [2.24, 2.45) is 5.41 Å². The van der Waals surface area contributed by atoms with Gasteiger partial charge in [-0.15, -0.1) is 0 Å². The van der Waals surface area contributed by atoms with Gasteiger partial charge in [-0.3, -0.25) is 14.6 Å². The third-order valence-corrected chi connectivity index (χ3v) is 6.45. The fraction of sp³-hybridized carbons (Fsp3) is 0.296. The molecule has 0 radical (unpaired) electrons. The summed E-state index contributed by atoms with van der Waals surface area (Å²) in [6.45, 7) is 0.968. The van der Waals surface area contributed by atoms with Crippen LogP contribution in [0.2, 0.25) is 0 Å². The molecule has 2 heterocycles. The third kappa shape index (κ3) is 4.60. The molecule has 1 atom stereocenters. The molecule has 6 heteroatoms. The van der Waals surface area contributed by atoms with Gasteiger partial charge in [-0.25, -0.2) is 0 Å². The fourth-order valence-electron chi connectivity index (χ4n) is 4.82. The molecule has 33 heavy (non-hydrogen) atoms. The molecule has 1 aromatic heterocycles. The first-order chi connectivity index (χ1) is 16.1. The highest BCUT2D eigenvalue weighted by atomic mass is 16.5. The Morgan fingerprint density at radius 1 is 1.06 bits per heavy atom. The molecule has 0 aliphatic carbocycles. The third-order valence-electron chi connectivity index (χ3n) is 6.45. The molecule has 1 fully saturated rings. The summed E-state index contributed by atoms with van der Waals surface area (Å²) in [6, 6.07) is 19.3. The molecule has 1 aliphatic heterocycles. The highest BCUT2D eigenvalue weighted by molar-refractivity contribution is 5.97. The van der Waals surface area contributed by atoms with Gasteiger partial charge < -0.3 is 15.0 Å². The SMILES string of the molecule is CNC(=O)[C@]1(Cc2ccccc2-c2ccncc2)CCCN(C(=O)c2ccccc2OC)C1. The lowest BCUT2D eigenvalue weighted by Crippen LogP contribution is -2.54. The smallest absolute Gasteiger partial charge is 0.257 e. The zero-order valence-electron chi connectivity index (χ0n) is 19.1. The number of pyridine rings is 1. The van der Waals surface area contributed by atoms with Crippen molar-refractivity contribution in [2.45, 2.75) is 19.3 Å². The molecule has 0 bridgehead atoms. The second-order valence-corrected chi connectivity index (χ2v) is 8.46. The van der Waals surface area contributed by atoms with Gasteiger partial charge >= 0.3 is 0 Å². The standard InChI is InChI=1S/C27H29N3O3/c1-28-26(32)27(18-21-8-3-4-9-22(21)20-12-15-29-16-13-20)14-7-17-30(19-27)25(31)23-10-5-6-11-24(23)33-2/h3-6,8-13,15-16H,7,14,17-19H2,1-2H3,(H,28,32)/t27-/m0/s1. The van der Waals surface area contributed by atoms with Crippen LogP contribution in [0.5, 0.6) is 5.75 Å². The van der Waals surface area contributed by atoms with Crippen LogP contribution in [0.15, 0.2) is 73.1 Å². The maximum atomic E-state index is 13.4. The van der Waals surface area contributed by atoms with Gasteiger partial charge in [0.2, 0.25) is 5.91 Å². The predicted octanol–water partition coefficient (Wildman–Crippen LogP) is 3.97. The number of hydrogen-bond acceptors (Lipinski definition) is 4. The van der Waals surface area contributed by atoms with Crippen LogP contribution in [0.4, 0.5) is 0 Å². The van der Waals surface area contributed by atoms with E-state index in [1.165, 1.54) is 0 Å². The minimum atomic E-state index is -0.714. The van der Waals surface area contributed by atoms with Crippen molar-refractivity contribution in [1.29, 1.82) is 0 Å². The molecule has 6 nitrogen and oxygen atoms in total. The molecular formula is C27H29N3O3. The number of likely N-dealkylation sites (tertiary alicyclic amines) is 1. The van der Waals surface area contributed by atoms with Crippen LogP contribution < -0.4 is 10.1 Å². The Bertz CT molecular complexity index is 1130. The summed E-state index contributed by atoms with van der Waals surface area (Å²) >= 11 is 0. The number of piperidine rings is 1. The molecule has 0 spiro atoms. The van der Waals surface area contributed by atoms with E-state index in [4.69, 9.17) is 4.74 Å². The number of carbonyl (C=O) groups excluding carboxylic acids is 2. The van der Waals surface area contributed by atoms with Crippen molar-refractivity contribution in [1.82, 2.24) is 15.2 Å². The highest BCUT2D eigenvalue weighted by Crippen LogP contribution is 2.38. The number of para-hydroxylation sites is 1. The van der Waals surface area contributed by atoms with Crippen LogP contribution in [-0.2, 0) is 11.2 Å². The summed E-state index contributed by atoms with van der Waals surface area (Å²) in [7, 11) is 3.23. The van der Waals surface area contributed by atoms with Crippen molar-refractivity contribution in [2.75, 3.05) is 27.2 Å². The van der Waals surface area contributed by atoms with E-state index >= 15 is 0 Å². The van der Waals surface area contributed by atoms with Crippen molar-refractivity contribution < 1.29 is 14.3 Å². The molecule has 1 saturated heterocycles. The molecule has 0 unspecified atom stereocenters. The van der Waals surface area contributed by atoms with Crippen LogP contribution in [0.1, 0.15) is 28.8 Å². The second kappa shape index (κ2) is 9.86. The minimum absolute atomic E-state index is 0.0374. The zero-order valence-corrected chi connectivity index (χ0v) is 19.1. The lowest BCUT2D eigenvalue weighted by Gasteiger charge is -2.42. The van der Waals surface area contributed by atoms with E-state index in [2.05, 4.69) is 22.4 Å². The van der Waals surface area contributed by atoms with Crippen molar-refractivity contribution in [3.63, 3.8) is 0 Å². The molecular weight excluding hydrogens is 414 g/mol. The van der Waals surface area contributed by atoms with Crippen LogP contribution in [-0.4, -0.2) is 48.9 Å². The average Bonchev–Trinajstić information content (AvgIpc) is 2.88. The number of hydrogen-bond donors (Lipinski definition) is 1. The number of methoxy groups -OCH3 is 1. The Morgan fingerprint density at radius 3 is 2.55 bits per heavy atom. The highest BCUT2D eigenvalue weighted by Gasteiger charge is 2.43. The Balaban J connectivity index is 1.68. The van der Waals surface area contributed by atoms with Crippen LogP contribution in [0.25, 0.3) is 11.1 Å². The number of ether oxygens (including phenoxy) is 1. The lowest BCUT2D eigenvalue weighted by atomic mass is 9.73. The van der Waals surface area contributed by atoms with Crippen LogP contribution >= 0.6 is 0 Å². The average molecular weight is 444 g/mol. The van der Waals surface area contributed by atoms with E-state index in [-0.39, 0.29) is 11.8 Å². The maximum absolute atomic E-state index is 13.4. The molecule has 170 valence electrons. The lowest BCUT2D eigenvalue weighted by molar-refractivity contribution is -0.133. The number of aromatic nitrogens is 1. The topological polar surface area (TPSA) is 71.5 Å². The summed E-state index contributed by atoms with van der Waals surface area (Å²) in [4.78, 5) is 32.6. The van der Waals surface area contributed by atoms with Crippen LogP contribution in [0.3, 0.4) is 0 Å². The molecule has 1 N–H and O–H groups in total. The molecule has 0 saturated carbocycles. The summed E-state index contributed by atoms with van der Waals surface area (Å²) in [5.41, 5.74) is 3.03. The fourth-order valence-corrected chi connectivity index (χ4v) is 4.82. The maximum Gasteiger partial charge on any atom is 0.257 e. The first-order valence-corrected chi connectivity index (χ1v) is 11.2. The Hall–Kier alpha value is -3.67. The van der Waals surface area contributed by atoms with Crippen LogP contribution in [0, 0.1) is 5.41 Å². The first-order valence-electron chi connectivity index (χ1n) is 11.2. The van der Waals surface area contributed by atoms with Gasteiger partial charge in [0.25, 0.3) is 5.91 Å². The Labute approximate surface area is 194 Å². The summed E-state index contributed by atoms with van der Waals surface area (Å²) in [5, 5.41) is 2.87. The van der Waals surface area contributed by atoms with Crippen molar-refractivity contribution in [3.05, 3.63) is 84.2 Å². The van der Waals surface area contributed by atoms with E-state index in [1.807, 2.05) is 36.4 Å². The van der Waals surface area contributed by atoms with Gasteiger partial charge in [0.15, 0.2) is 0 Å². The largest absolute Gasteiger partial charge is 0.496 e. The number of amides is 2. The monoisotopic (exact) mass is 443 g/mol. The summed E-state index contributed by atoms with van der Waals surface area (Å²) in [6.07, 6.45) is 5.56. The number of nitrogens with one attached hydrogen (secondary N) is 1. The van der Waals surface area contributed by atoms with Gasteiger partial charge in [0.1, 0.15) is 5.75 Å². The second-order valence-electron chi connectivity index (χ2n) is 8.46. The minimum Gasteiger partial charge on any atom is -0.496 e. The van der Waals surface area contributed by atoms with E-state index in [0.29, 0.717) is 37.2 Å². The Kier molecular flexibility index (Phi) is 6.73. The van der Waals surface area contributed by atoms with Gasteiger partial charge in [-0.05, 0) is 60.2 Å². The van der Waals surface area contributed by atoms with Gasteiger partial charge in [0, 0.05) is 32.5 Å². The predicted molar refractivity (Wildman–Crippen MR) is 128 cm³/mol. The number of rotatable bonds is 6. The molecule has 3 aromatic rings. The quantitative estimate of drug-likeness (QED) is 0.626. The van der Waals surface area contributed by atoms with Gasteiger partial charge in [-0.1, -0.05) is 36.4 Å². The summed E-state index contributed by atoms with van der Waals surface area (Å²) < 4.78 is 5.41. The van der Waals surface area contributed by atoms with Crippen molar-refractivity contribution >= 4 is 11.8 Å². The zero-order chi connectivity index (χ0) is 23.3. The summed E-state index contributed by atoms with van der Waals surface area (Å²) in [5.74, 6) is 0.397. The van der Waals surface area contributed by atoms with E-state index in [9.17, 15) is 9.59 Å². The van der Waals surface area contributed by atoms with E-state index < -0.39 is 5.41 Å². The molecule has 1 aliphatic rings. The Morgan fingerprint density at radius 2 is 1.79 bits per heavy atom. The van der Waals surface area contributed by atoms with Gasteiger partial charge in [-0.2, -0.15) is 0 Å². The van der Waals surface area contributed by atoms with Crippen molar-refractivity contribution in [3.8, 4) is 16.9 Å². The number of nitrogens with zero attached hydrogens (tertiary/aromatic N) is 2. The number of carbonyl (C=O) groups is 2. The van der Waals surface area contributed by atoms with E-state index in [1.54, 1.807) is 43.6 Å². The molecule has 2 amide bonds. The van der Waals surface area contributed by atoms with E-state index in [0.717, 1.165) is 23.1 Å². The normalized spacial score (nSPS) is 17.9. The molecule has 4 rings (SSSR count). The molecule has 2 aromatic carbocycles.